The summed E-state index contributed by atoms with van der Waals surface area (Å²) in [7, 11) is 0. The SMILES string of the molecule is O=c1cc(C(F)F)[nH]c(C(F)(F)F)c1Cl. The highest BCUT2D eigenvalue weighted by molar-refractivity contribution is 6.31. The fourth-order valence-electron chi connectivity index (χ4n) is 0.876. The van der Waals surface area contributed by atoms with Gasteiger partial charge in [0.2, 0.25) is 5.43 Å². The van der Waals surface area contributed by atoms with Gasteiger partial charge in [-0.2, -0.15) is 13.2 Å². The standard InChI is InChI=1S/C7H3ClF5NO/c8-4-3(15)1-2(6(9)10)14-5(4)7(11,12)13/h1,6H,(H,14,15). The van der Waals surface area contributed by atoms with E-state index < -0.39 is 34.4 Å². The van der Waals surface area contributed by atoms with Crippen LogP contribution in [-0.4, -0.2) is 4.98 Å². The summed E-state index contributed by atoms with van der Waals surface area (Å²) in [6, 6.07) is 0.336. The number of pyridine rings is 1. The highest BCUT2D eigenvalue weighted by atomic mass is 35.5. The van der Waals surface area contributed by atoms with E-state index in [0.717, 1.165) is 0 Å². The van der Waals surface area contributed by atoms with Crippen molar-refractivity contribution >= 4 is 11.6 Å². The second kappa shape index (κ2) is 3.80. The van der Waals surface area contributed by atoms with Crippen molar-refractivity contribution < 1.29 is 22.0 Å². The Kier molecular flexibility index (Phi) is 3.03. The zero-order valence-corrected chi connectivity index (χ0v) is 7.59. The molecule has 0 saturated heterocycles. The van der Waals surface area contributed by atoms with Crippen molar-refractivity contribution in [1.29, 1.82) is 0 Å². The molecule has 84 valence electrons. The van der Waals surface area contributed by atoms with Crippen LogP contribution in [0.15, 0.2) is 10.9 Å². The summed E-state index contributed by atoms with van der Waals surface area (Å²) in [6.45, 7) is 0. The first kappa shape index (κ1) is 12.0. The maximum absolute atomic E-state index is 12.2. The minimum Gasteiger partial charge on any atom is -0.349 e. The number of halogens is 6. The first-order valence-corrected chi connectivity index (χ1v) is 3.89. The Morgan fingerprint density at radius 2 is 1.87 bits per heavy atom. The van der Waals surface area contributed by atoms with Crippen molar-refractivity contribution in [3.8, 4) is 0 Å². The first-order valence-electron chi connectivity index (χ1n) is 3.51. The Bertz CT molecular complexity index is 424. The Morgan fingerprint density at radius 3 is 2.27 bits per heavy atom. The lowest BCUT2D eigenvalue weighted by Gasteiger charge is -2.10. The van der Waals surface area contributed by atoms with Crippen LogP contribution in [-0.2, 0) is 6.18 Å². The molecule has 15 heavy (non-hydrogen) atoms. The molecule has 0 amide bonds. The van der Waals surface area contributed by atoms with Gasteiger partial charge in [0.05, 0.1) is 5.69 Å². The van der Waals surface area contributed by atoms with E-state index in [0.29, 0.717) is 6.07 Å². The fourth-order valence-corrected chi connectivity index (χ4v) is 1.08. The van der Waals surface area contributed by atoms with Gasteiger partial charge in [-0.1, -0.05) is 11.6 Å². The van der Waals surface area contributed by atoms with Crippen molar-refractivity contribution in [3.05, 3.63) is 32.7 Å². The van der Waals surface area contributed by atoms with Crippen LogP contribution in [0, 0.1) is 0 Å². The minimum atomic E-state index is -4.97. The molecule has 8 heteroatoms. The summed E-state index contributed by atoms with van der Waals surface area (Å²) in [5.41, 5.74) is -4.07. The minimum absolute atomic E-state index is 0.336. The van der Waals surface area contributed by atoms with E-state index in [4.69, 9.17) is 11.6 Å². The highest BCUT2D eigenvalue weighted by Crippen LogP contribution is 2.32. The predicted octanol–water partition coefficient (Wildman–Crippen LogP) is 2.98. The van der Waals surface area contributed by atoms with E-state index in [-0.39, 0.29) is 0 Å². The number of hydrogen-bond donors (Lipinski definition) is 1. The van der Waals surface area contributed by atoms with E-state index in [2.05, 4.69) is 0 Å². The molecule has 0 saturated carbocycles. The summed E-state index contributed by atoms with van der Waals surface area (Å²) in [5, 5.41) is -1.15. The van der Waals surface area contributed by atoms with Gasteiger partial charge in [0.15, 0.2) is 0 Å². The Morgan fingerprint density at radius 1 is 1.33 bits per heavy atom. The smallest absolute Gasteiger partial charge is 0.349 e. The summed E-state index contributed by atoms with van der Waals surface area (Å²) < 4.78 is 60.7. The lowest BCUT2D eigenvalue weighted by atomic mass is 10.3. The zero-order valence-electron chi connectivity index (χ0n) is 6.83. The molecule has 0 radical (unpaired) electrons. The Labute approximate surface area is 84.7 Å². The molecule has 0 bridgehead atoms. The molecule has 1 heterocycles. The average Bonchev–Trinajstić information content (AvgIpc) is 2.06. The van der Waals surface area contributed by atoms with Gasteiger partial charge in [-0.25, -0.2) is 8.78 Å². The van der Waals surface area contributed by atoms with Crippen molar-refractivity contribution in [3.63, 3.8) is 0 Å². The summed E-state index contributed by atoms with van der Waals surface area (Å²) >= 11 is 5.05. The number of hydrogen-bond acceptors (Lipinski definition) is 1. The molecule has 2 nitrogen and oxygen atoms in total. The molecular weight excluding hydrogens is 245 g/mol. The monoisotopic (exact) mass is 247 g/mol. The fraction of sp³-hybridized carbons (Fsp3) is 0.286. The molecule has 0 aliphatic rings. The number of nitrogens with one attached hydrogen (secondary N) is 1. The molecule has 0 fully saturated rings. The number of H-pyrrole nitrogens is 1. The van der Waals surface area contributed by atoms with E-state index in [1.54, 1.807) is 0 Å². The second-order valence-corrected chi connectivity index (χ2v) is 2.95. The quantitative estimate of drug-likeness (QED) is 0.761. The number of aromatic nitrogens is 1. The van der Waals surface area contributed by atoms with Crippen LogP contribution in [0.5, 0.6) is 0 Å². The van der Waals surface area contributed by atoms with Gasteiger partial charge in [0.25, 0.3) is 6.43 Å². The maximum Gasteiger partial charge on any atom is 0.432 e. The maximum atomic E-state index is 12.2. The molecule has 1 aromatic heterocycles. The highest BCUT2D eigenvalue weighted by Gasteiger charge is 2.36. The van der Waals surface area contributed by atoms with Crippen molar-refractivity contribution in [2.45, 2.75) is 12.6 Å². The van der Waals surface area contributed by atoms with E-state index in [9.17, 15) is 26.7 Å². The van der Waals surface area contributed by atoms with Crippen LogP contribution in [0.2, 0.25) is 5.02 Å². The van der Waals surface area contributed by atoms with Crippen LogP contribution in [0.3, 0.4) is 0 Å². The van der Waals surface area contributed by atoms with Gasteiger partial charge in [-0.15, -0.1) is 0 Å². The average molecular weight is 248 g/mol. The Hall–Kier alpha value is -1.11. The predicted molar refractivity (Wildman–Crippen MR) is 42.0 cm³/mol. The largest absolute Gasteiger partial charge is 0.432 e. The molecule has 0 aliphatic carbocycles. The molecule has 1 aromatic rings. The molecule has 0 aromatic carbocycles. The van der Waals surface area contributed by atoms with E-state index in [1.165, 1.54) is 4.98 Å². The third-order valence-electron chi connectivity index (χ3n) is 1.51. The topological polar surface area (TPSA) is 32.9 Å². The lowest BCUT2D eigenvalue weighted by Crippen LogP contribution is -2.17. The molecular formula is C7H3ClF5NO. The lowest BCUT2D eigenvalue weighted by molar-refractivity contribution is -0.141. The summed E-state index contributed by atoms with van der Waals surface area (Å²) in [5.74, 6) is 0. The third-order valence-corrected chi connectivity index (χ3v) is 1.89. The van der Waals surface area contributed by atoms with Crippen LogP contribution in [0.4, 0.5) is 22.0 Å². The van der Waals surface area contributed by atoms with Gasteiger partial charge >= 0.3 is 6.18 Å². The molecule has 0 atom stereocenters. The van der Waals surface area contributed by atoms with E-state index >= 15 is 0 Å². The van der Waals surface area contributed by atoms with Crippen LogP contribution >= 0.6 is 11.6 Å². The molecule has 0 aliphatic heterocycles. The first-order chi connectivity index (χ1) is 6.73. The van der Waals surface area contributed by atoms with Crippen molar-refractivity contribution in [2.24, 2.45) is 0 Å². The van der Waals surface area contributed by atoms with Gasteiger partial charge in [0.1, 0.15) is 10.7 Å². The molecule has 0 spiro atoms. The van der Waals surface area contributed by atoms with E-state index in [1.807, 2.05) is 0 Å². The van der Waals surface area contributed by atoms with Crippen LogP contribution < -0.4 is 5.43 Å². The van der Waals surface area contributed by atoms with Gasteiger partial charge < -0.3 is 4.98 Å². The molecule has 1 rings (SSSR count). The second-order valence-electron chi connectivity index (χ2n) is 2.58. The van der Waals surface area contributed by atoms with Crippen LogP contribution in [0.25, 0.3) is 0 Å². The number of aromatic amines is 1. The van der Waals surface area contributed by atoms with Gasteiger partial charge in [0, 0.05) is 6.07 Å². The van der Waals surface area contributed by atoms with Gasteiger partial charge in [-0.05, 0) is 0 Å². The Balaban J connectivity index is 3.46. The third kappa shape index (κ3) is 2.47. The van der Waals surface area contributed by atoms with Crippen LogP contribution in [0.1, 0.15) is 17.8 Å². The number of alkyl halides is 5. The summed E-state index contributed by atoms with van der Waals surface area (Å²) in [6.07, 6.45) is -8.17. The molecule has 1 N–H and O–H groups in total. The molecule has 0 unspecified atom stereocenters. The van der Waals surface area contributed by atoms with Crippen molar-refractivity contribution in [2.75, 3.05) is 0 Å². The van der Waals surface area contributed by atoms with Gasteiger partial charge in [-0.3, -0.25) is 4.79 Å². The zero-order chi connectivity index (χ0) is 11.8. The number of rotatable bonds is 1. The summed E-state index contributed by atoms with van der Waals surface area (Å²) in [4.78, 5) is 12.2. The van der Waals surface area contributed by atoms with Crippen molar-refractivity contribution in [1.82, 2.24) is 4.98 Å². The normalized spacial score (nSPS) is 12.2.